The normalized spacial score (nSPS) is 20.0. The Morgan fingerprint density at radius 3 is 2.90 bits per heavy atom. The lowest BCUT2D eigenvalue weighted by Gasteiger charge is -2.33. The molecule has 1 heterocycles. The van der Waals surface area contributed by atoms with E-state index in [0.717, 1.165) is 18.9 Å². The van der Waals surface area contributed by atoms with E-state index in [9.17, 15) is 19.1 Å². The molecule has 2 rings (SSSR count). The van der Waals surface area contributed by atoms with Gasteiger partial charge in [0.25, 0.3) is 0 Å². The molecule has 1 aromatic rings. The van der Waals surface area contributed by atoms with Crippen LogP contribution in [-0.2, 0) is 9.59 Å². The molecule has 114 valence electrons. The minimum atomic E-state index is -0.785. The number of aliphatic hydroxyl groups is 1. The highest BCUT2D eigenvalue weighted by Gasteiger charge is 2.29. The second-order valence-electron chi connectivity index (χ2n) is 5.36. The molecule has 1 aliphatic rings. The number of rotatable bonds is 2. The van der Waals surface area contributed by atoms with Crippen molar-refractivity contribution in [2.75, 3.05) is 18.4 Å². The fourth-order valence-corrected chi connectivity index (χ4v) is 2.48. The average molecular weight is 294 g/mol. The average Bonchev–Trinajstić information content (AvgIpc) is 2.46. The van der Waals surface area contributed by atoms with Crippen molar-refractivity contribution in [1.82, 2.24) is 4.90 Å². The van der Waals surface area contributed by atoms with E-state index in [0.29, 0.717) is 13.1 Å². The number of hydrogen-bond acceptors (Lipinski definition) is 3. The van der Waals surface area contributed by atoms with E-state index in [4.69, 9.17) is 0 Å². The summed E-state index contributed by atoms with van der Waals surface area (Å²) in [5.74, 6) is -1.92. The van der Waals surface area contributed by atoms with Gasteiger partial charge in [-0.25, -0.2) is 4.39 Å². The topological polar surface area (TPSA) is 69.6 Å². The number of aliphatic hydroxyl groups excluding tert-OH is 1. The monoisotopic (exact) mass is 294 g/mol. The van der Waals surface area contributed by atoms with E-state index in [-0.39, 0.29) is 11.6 Å². The summed E-state index contributed by atoms with van der Waals surface area (Å²) in [6, 6.07) is 5.39. The van der Waals surface area contributed by atoms with E-state index in [2.05, 4.69) is 5.32 Å². The van der Waals surface area contributed by atoms with Crippen LogP contribution in [-0.4, -0.2) is 41.0 Å². The van der Waals surface area contributed by atoms with Gasteiger partial charge in [0, 0.05) is 24.7 Å². The SMILES string of the molecule is CC(O)C1CCCN(C(=O)C(=O)Nc2cccc(F)c2)C1. The molecule has 21 heavy (non-hydrogen) atoms. The van der Waals surface area contributed by atoms with Gasteiger partial charge in [0.05, 0.1) is 6.10 Å². The zero-order valence-electron chi connectivity index (χ0n) is 11.9. The maximum atomic E-state index is 13.0. The molecule has 0 saturated carbocycles. The predicted octanol–water partition coefficient (Wildman–Crippen LogP) is 1.38. The lowest BCUT2D eigenvalue weighted by molar-refractivity contribution is -0.144. The minimum Gasteiger partial charge on any atom is -0.393 e. The van der Waals surface area contributed by atoms with Crippen LogP contribution in [0.25, 0.3) is 0 Å². The molecule has 6 heteroatoms. The highest BCUT2D eigenvalue weighted by atomic mass is 19.1. The number of amides is 2. The summed E-state index contributed by atoms with van der Waals surface area (Å²) in [5, 5.41) is 12.0. The zero-order chi connectivity index (χ0) is 15.4. The number of likely N-dealkylation sites (tertiary alicyclic amines) is 1. The van der Waals surface area contributed by atoms with Crippen LogP contribution < -0.4 is 5.32 Å². The Morgan fingerprint density at radius 1 is 1.48 bits per heavy atom. The molecule has 2 unspecified atom stereocenters. The minimum absolute atomic E-state index is 0.00957. The van der Waals surface area contributed by atoms with E-state index in [1.54, 1.807) is 6.92 Å². The van der Waals surface area contributed by atoms with Crippen LogP contribution in [0.1, 0.15) is 19.8 Å². The first kappa shape index (κ1) is 15.4. The standard InChI is InChI=1S/C15H19FN2O3/c1-10(19)11-4-3-7-18(9-11)15(21)14(20)17-13-6-2-5-12(16)8-13/h2,5-6,8,10-11,19H,3-4,7,9H2,1H3,(H,17,20). The van der Waals surface area contributed by atoms with Crippen LogP contribution in [0.2, 0.25) is 0 Å². The van der Waals surface area contributed by atoms with Gasteiger partial charge in [0.1, 0.15) is 5.82 Å². The zero-order valence-corrected chi connectivity index (χ0v) is 11.9. The largest absolute Gasteiger partial charge is 0.393 e. The summed E-state index contributed by atoms with van der Waals surface area (Å²) in [5.41, 5.74) is 0.248. The summed E-state index contributed by atoms with van der Waals surface area (Å²) in [7, 11) is 0. The van der Waals surface area contributed by atoms with Gasteiger partial charge in [-0.2, -0.15) is 0 Å². The van der Waals surface area contributed by atoms with Gasteiger partial charge < -0.3 is 15.3 Å². The van der Waals surface area contributed by atoms with Crippen molar-refractivity contribution in [2.45, 2.75) is 25.9 Å². The Kier molecular flexibility index (Phi) is 4.90. The van der Waals surface area contributed by atoms with Crippen LogP contribution in [0.15, 0.2) is 24.3 Å². The number of piperidine rings is 1. The molecule has 2 amide bonds. The Morgan fingerprint density at radius 2 is 2.24 bits per heavy atom. The summed E-state index contributed by atoms with van der Waals surface area (Å²) < 4.78 is 13.0. The first-order valence-electron chi connectivity index (χ1n) is 7.01. The third kappa shape index (κ3) is 4.01. The van der Waals surface area contributed by atoms with Crippen molar-refractivity contribution >= 4 is 17.5 Å². The third-order valence-electron chi connectivity index (χ3n) is 3.70. The van der Waals surface area contributed by atoms with Gasteiger partial charge in [-0.1, -0.05) is 6.07 Å². The van der Waals surface area contributed by atoms with Gasteiger partial charge in [-0.15, -0.1) is 0 Å². The molecular weight excluding hydrogens is 275 g/mol. The van der Waals surface area contributed by atoms with Crippen molar-refractivity contribution in [3.05, 3.63) is 30.1 Å². The quantitative estimate of drug-likeness (QED) is 0.810. The lowest BCUT2D eigenvalue weighted by Crippen LogP contribution is -2.47. The molecular formula is C15H19FN2O3. The van der Waals surface area contributed by atoms with Crippen LogP contribution in [0.4, 0.5) is 10.1 Å². The molecule has 1 aromatic carbocycles. The molecule has 0 aliphatic carbocycles. The Labute approximate surface area is 122 Å². The molecule has 0 radical (unpaired) electrons. The number of halogens is 1. The Bertz CT molecular complexity index is 533. The molecule has 0 bridgehead atoms. The van der Waals surface area contributed by atoms with Crippen molar-refractivity contribution in [2.24, 2.45) is 5.92 Å². The molecule has 5 nitrogen and oxygen atoms in total. The molecule has 0 spiro atoms. The second-order valence-corrected chi connectivity index (χ2v) is 5.36. The molecule has 1 aliphatic heterocycles. The fourth-order valence-electron chi connectivity index (χ4n) is 2.48. The summed E-state index contributed by atoms with van der Waals surface area (Å²) in [6.07, 6.45) is 1.09. The molecule has 2 N–H and O–H groups in total. The number of hydrogen-bond donors (Lipinski definition) is 2. The van der Waals surface area contributed by atoms with Crippen LogP contribution in [0.5, 0.6) is 0 Å². The summed E-state index contributed by atoms with van der Waals surface area (Å²) in [6.45, 7) is 2.55. The van der Waals surface area contributed by atoms with E-state index in [1.807, 2.05) is 0 Å². The fraction of sp³-hybridized carbons (Fsp3) is 0.467. The third-order valence-corrected chi connectivity index (χ3v) is 3.70. The van der Waals surface area contributed by atoms with Crippen molar-refractivity contribution in [1.29, 1.82) is 0 Å². The summed E-state index contributed by atoms with van der Waals surface area (Å²) >= 11 is 0. The van der Waals surface area contributed by atoms with E-state index < -0.39 is 23.7 Å². The highest BCUT2D eigenvalue weighted by molar-refractivity contribution is 6.39. The first-order chi connectivity index (χ1) is 9.97. The summed E-state index contributed by atoms with van der Waals surface area (Å²) in [4.78, 5) is 25.4. The van der Waals surface area contributed by atoms with Crippen molar-refractivity contribution in [3.8, 4) is 0 Å². The van der Waals surface area contributed by atoms with Gasteiger partial charge in [0.15, 0.2) is 0 Å². The number of nitrogens with zero attached hydrogens (tertiary/aromatic N) is 1. The molecule has 1 fully saturated rings. The number of nitrogens with one attached hydrogen (secondary N) is 1. The van der Waals surface area contributed by atoms with E-state index >= 15 is 0 Å². The second kappa shape index (κ2) is 6.67. The van der Waals surface area contributed by atoms with E-state index in [1.165, 1.54) is 23.1 Å². The predicted molar refractivity (Wildman–Crippen MR) is 76.0 cm³/mol. The Balaban J connectivity index is 1.97. The van der Waals surface area contributed by atoms with Gasteiger partial charge in [-0.3, -0.25) is 9.59 Å². The highest BCUT2D eigenvalue weighted by Crippen LogP contribution is 2.20. The van der Waals surface area contributed by atoms with Crippen LogP contribution in [0, 0.1) is 11.7 Å². The number of benzene rings is 1. The molecule has 0 aromatic heterocycles. The first-order valence-corrected chi connectivity index (χ1v) is 7.01. The number of anilines is 1. The van der Waals surface area contributed by atoms with Gasteiger partial charge in [0.2, 0.25) is 0 Å². The van der Waals surface area contributed by atoms with Gasteiger partial charge >= 0.3 is 11.8 Å². The maximum absolute atomic E-state index is 13.0. The molecule has 2 atom stereocenters. The maximum Gasteiger partial charge on any atom is 0.313 e. The number of carbonyl (C=O) groups is 2. The lowest BCUT2D eigenvalue weighted by atomic mass is 9.93. The molecule has 1 saturated heterocycles. The number of carbonyl (C=O) groups excluding carboxylic acids is 2. The van der Waals surface area contributed by atoms with Crippen molar-refractivity contribution < 1.29 is 19.1 Å². The van der Waals surface area contributed by atoms with Crippen LogP contribution >= 0.6 is 0 Å². The van der Waals surface area contributed by atoms with Crippen molar-refractivity contribution in [3.63, 3.8) is 0 Å². The van der Waals surface area contributed by atoms with Crippen LogP contribution in [0.3, 0.4) is 0 Å². The van der Waals surface area contributed by atoms with Gasteiger partial charge in [-0.05, 0) is 38.0 Å². The Hall–Kier alpha value is -1.95. The smallest absolute Gasteiger partial charge is 0.313 e.